The van der Waals surface area contributed by atoms with E-state index in [4.69, 9.17) is 9.47 Å². The van der Waals surface area contributed by atoms with Gasteiger partial charge in [-0.3, -0.25) is 4.79 Å². The molecule has 1 N–H and O–H groups in total. The van der Waals surface area contributed by atoms with E-state index in [9.17, 15) is 4.79 Å². The minimum absolute atomic E-state index is 0.0528. The summed E-state index contributed by atoms with van der Waals surface area (Å²) in [6, 6.07) is 28.7. The summed E-state index contributed by atoms with van der Waals surface area (Å²) in [6.45, 7) is 3.41. The summed E-state index contributed by atoms with van der Waals surface area (Å²) < 4.78 is 11.9. The molecule has 0 saturated carbocycles. The molecule has 0 radical (unpaired) electrons. The van der Waals surface area contributed by atoms with E-state index in [0.29, 0.717) is 6.54 Å². The number of hydrogen-bond donors (Lipinski definition) is 1. The Bertz CT molecular complexity index is 1110. The molecule has 3 aromatic rings. The first-order valence-corrected chi connectivity index (χ1v) is 13.0. The van der Waals surface area contributed by atoms with E-state index < -0.39 is 0 Å². The minimum Gasteiger partial charge on any atom is -0.497 e. The molecular weight excluding hydrogens is 460 g/mol. The van der Waals surface area contributed by atoms with Crippen molar-refractivity contribution in [2.75, 3.05) is 33.3 Å². The number of nitrogens with zero attached hydrogens (tertiary/aromatic N) is 1. The second kappa shape index (κ2) is 14.2. The lowest BCUT2D eigenvalue weighted by molar-refractivity contribution is -0.116. The number of piperidine rings is 1. The predicted octanol–water partition coefficient (Wildman–Crippen LogP) is 5.65. The molecule has 0 bridgehead atoms. The summed E-state index contributed by atoms with van der Waals surface area (Å²) in [5.41, 5.74) is 3.39. The quantitative estimate of drug-likeness (QED) is 0.275. The van der Waals surface area contributed by atoms with Crippen molar-refractivity contribution in [1.29, 1.82) is 0 Å². The van der Waals surface area contributed by atoms with Crippen LogP contribution in [0.4, 0.5) is 0 Å². The van der Waals surface area contributed by atoms with Crippen molar-refractivity contribution >= 4 is 12.0 Å². The predicted molar refractivity (Wildman–Crippen MR) is 149 cm³/mol. The first-order chi connectivity index (χ1) is 18.2. The van der Waals surface area contributed by atoms with Crippen molar-refractivity contribution in [1.82, 2.24) is 10.2 Å². The molecule has 3 aromatic carbocycles. The SMILES string of the molecule is COc1cccc(/C=C\C=C\C(=O)NCCN2CCC(OC(c3ccccc3)c3ccccc3)CC2)c1. The zero-order valence-corrected chi connectivity index (χ0v) is 21.5. The Morgan fingerprint density at radius 2 is 1.62 bits per heavy atom. The molecule has 1 heterocycles. The highest BCUT2D eigenvalue weighted by molar-refractivity contribution is 5.87. The summed E-state index contributed by atoms with van der Waals surface area (Å²) in [6.07, 6.45) is 9.25. The normalized spacial score (nSPS) is 15.0. The lowest BCUT2D eigenvalue weighted by atomic mass is 10.00. The van der Waals surface area contributed by atoms with Crippen molar-refractivity contribution < 1.29 is 14.3 Å². The molecule has 5 heteroatoms. The molecule has 0 atom stereocenters. The van der Waals surface area contributed by atoms with Crippen LogP contribution >= 0.6 is 0 Å². The van der Waals surface area contributed by atoms with Crippen LogP contribution in [0.15, 0.2) is 103 Å². The Morgan fingerprint density at radius 3 is 2.27 bits per heavy atom. The van der Waals surface area contributed by atoms with Gasteiger partial charge in [0.25, 0.3) is 0 Å². The number of carbonyl (C=O) groups excluding carboxylic acids is 1. The fourth-order valence-electron chi connectivity index (χ4n) is 4.52. The highest BCUT2D eigenvalue weighted by atomic mass is 16.5. The molecule has 0 aromatic heterocycles. The van der Waals surface area contributed by atoms with Gasteiger partial charge in [0.2, 0.25) is 5.91 Å². The average Bonchev–Trinajstić information content (AvgIpc) is 2.96. The number of likely N-dealkylation sites (tertiary alicyclic amines) is 1. The van der Waals surface area contributed by atoms with Crippen LogP contribution in [-0.4, -0.2) is 50.2 Å². The molecule has 4 rings (SSSR count). The molecule has 37 heavy (non-hydrogen) atoms. The second-order valence-electron chi connectivity index (χ2n) is 9.16. The molecule has 1 fully saturated rings. The zero-order valence-electron chi connectivity index (χ0n) is 21.5. The average molecular weight is 497 g/mol. The van der Waals surface area contributed by atoms with Gasteiger partial charge >= 0.3 is 0 Å². The summed E-state index contributed by atoms with van der Waals surface area (Å²) in [5.74, 6) is 0.730. The van der Waals surface area contributed by atoms with Crippen molar-refractivity contribution in [3.05, 3.63) is 120 Å². The zero-order chi connectivity index (χ0) is 25.7. The van der Waals surface area contributed by atoms with Gasteiger partial charge in [-0.25, -0.2) is 0 Å². The third-order valence-electron chi connectivity index (χ3n) is 6.54. The molecule has 192 valence electrons. The summed E-state index contributed by atoms with van der Waals surface area (Å²) >= 11 is 0. The van der Waals surface area contributed by atoms with Crippen molar-refractivity contribution in [3.63, 3.8) is 0 Å². The van der Waals surface area contributed by atoms with Gasteiger partial charge in [-0.15, -0.1) is 0 Å². The Kier molecular flexibility index (Phi) is 10.1. The van der Waals surface area contributed by atoms with Gasteiger partial charge in [-0.1, -0.05) is 91.0 Å². The molecule has 1 saturated heterocycles. The molecule has 0 aliphatic carbocycles. The summed E-state index contributed by atoms with van der Waals surface area (Å²) in [7, 11) is 1.65. The fourth-order valence-corrected chi connectivity index (χ4v) is 4.52. The van der Waals surface area contributed by atoms with Gasteiger partial charge in [0, 0.05) is 32.3 Å². The maximum absolute atomic E-state index is 12.1. The second-order valence-corrected chi connectivity index (χ2v) is 9.16. The Hall–Kier alpha value is -3.67. The Labute approximate surface area is 220 Å². The number of nitrogens with one attached hydrogen (secondary N) is 1. The molecule has 0 unspecified atom stereocenters. The first-order valence-electron chi connectivity index (χ1n) is 13.0. The monoisotopic (exact) mass is 496 g/mol. The first kappa shape index (κ1) is 26.4. The van der Waals surface area contributed by atoms with E-state index in [1.165, 1.54) is 11.1 Å². The fraction of sp³-hybridized carbons (Fsp3) is 0.281. The van der Waals surface area contributed by atoms with E-state index >= 15 is 0 Å². The van der Waals surface area contributed by atoms with Crippen molar-refractivity contribution in [2.45, 2.75) is 25.0 Å². The van der Waals surface area contributed by atoms with Gasteiger partial charge < -0.3 is 19.7 Å². The van der Waals surface area contributed by atoms with Gasteiger partial charge in [-0.05, 0) is 41.7 Å². The molecule has 1 aliphatic heterocycles. The Balaban J connectivity index is 1.18. The molecular formula is C32H36N2O3. The smallest absolute Gasteiger partial charge is 0.244 e. The van der Waals surface area contributed by atoms with Crippen LogP contribution in [0.2, 0.25) is 0 Å². The maximum Gasteiger partial charge on any atom is 0.244 e. The highest BCUT2D eigenvalue weighted by Gasteiger charge is 2.24. The lowest BCUT2D eigenvalue weighted by Gasteiger charge is -2.34. The van der Waals surface area contributed by atoms with E-state index in [1.807, 2.05) is 48.6 Å². The molecule has 1 aliphatic rings. The molecule has 5 nitrogen and oxygen atoms in total. The number of rotatable bonds is 11. The number of amides is 1. The largest absolute Gasteiger partial charge is 0.497 e. The summed E-state index contributed by atoms with van der Waals surface area (Å²) in [4.78, 5) is 14.5. The van der Waals surface area contributed by atoms with Crippen LogP contribution < -0.4 is 10.1 Å². The van der Waals surface area contributed by atoms with Gasteiger partial charge in [0.05, 0.1) is 13.2 Å². The van der Waals surface area contributed by atoms with E-state index in [2.05, 4.69) is 58.7 Å². The number of carbonyl (C=O) groups is 1. The maximum atomic E-state index is 12.1. The minimum atomic E-state index is -0.0814. The molecule has 0 spiro atoms. The van der Waals surface area contributed by atoms with Gasteiger partial charge in [0.1, 0.15) is 11.9 Å². The number of hydrogen-bond acceptors (Lipinski definition) is 4. The number of ether oxygens (including phenoxy) is 2. The van der Waals surface area contributed by atoms with Gasteiger partial charge in [-0.2, -0.15) is 0 Å². The topological polar surface area (TPSA) is 50.8 Å². The van der Waals surface area contributed by atoms with E-state index in [0.717, 1.165) is 43.8 Å². The standard InChI is InChI=1S/C32H36N2O3/c1-36-30-17-10-12-26(25-30)11-8-9-18-31(35)33-21-24-34-22-19-29(20-23-34)37-32(27-13-4-2-5-14-27)28-15-6-3-7-16-28/h2-18,25,29,32H,19-24H2,1H3,(H,33,35)/b11-8-,18-9+. The van der Waals surface area contributed by atoms with Crippen molar-refractivity contribution in [3.8, 4) is 5.75 Å². The van der Waals surface area contributed by atoms with Crippen LogP contribution in [-0.2, 0) is 9.53 Å². The Morgan fingerprint density at radius 1 is 0.946 bits per heavy atom. The lowest BCUT2D eigenvalue weighted by Crippen LogP contribution is -2.41. The van der Waals surface area contributed by atoms with E-state index in [1.54, 1.807) is 19.3 Å². The summed E-state index contributed by atoms with van der Waals surface area (Å²) in [5, 5.41) is 2.98. The third kappa shape index (κ3) is 8.45. The van der Waals surface area contributed by atoms with Crippen LogP contribution in [0, 0.1) is 0 Å². The highest BCUT2D eigenvalue weighted by Crippen LogP contribution is 2.29. The van der Waals surface area contributed by atoms with Crippen LogP contribution in [0.25, 0.3) is 6.08 Å². The number of methoxy groups -OCH3 is 1. The van der Waals surface area contributed by atoms with Crippen LogP contribution in [0.3, 0.4) is 0 Å². The number of allylic oxidation sites excluding steroid dienone is 2. The van der Waals surface area contributed by atoms with Gasteiger partial charge in [0.15, 0.2) is 0 Å². The number of benzene rings is 3. The van der Waals surface area contributed by atoms with Crippen LogP contribution in [0.1, 0.15) is 35.6 Å². The van der Waals surface area contributed by atoms with Crippen LogP contribution in [0.5, 0.6) is 5.75 Å². The molecule has 1 amide bonds. The third-order valence-corrected chi connectivity index (χ3v) is 6.54. The van der Waals surface area contributed by atoms with E-state index in [-0.39, 0.29) is 18.1 Å². The van der Waals surface area contributed by atoms with Crippen molar-refractivity contribution in [2.24, 2.45) is 0 Å².